The molecule has 1 aliphatic heterocycles. The lowest BCUT2D eigenvalue weighted by atomic mass is 10.1. The second-order valence-electron chi connectivity index (χ2n) is 7.17. The van der Waals surface area contributed by atoms with Gasteiger partial charge in [0.25, 0.3) is 5.91 Å². The van der Waals surface area contributed by atoms with Gasteiger partial charge in [-0.15, -0.1) is 0 Å². The van der Waals surface area contributed by atoms with Crippen molar-refractivity contribution in [3.05, 3.63) is 36.0 Å². The smallest absolute Gasteiger partial charge is 0.269 e. The second-order valence-corrected chi connectivity index (χ2v) is 7.17. The number of fused-ring (bicyclic) bond motifs is 1. The van der Waals surface area contributed by atoms with E-state index in [0.717, 1.165) is 49.4 Å². The third-order valence-electron chi connectivity index (χ3n) is 4.91. The molecule has 1 saturated heterocycles. The summed E-state index contributed by atoms with van der Waals surface area (Å²) < 4.78 is 5.22. The molecule has 0 bridgehead atoms. The van der Waals surface area contributed by atoms with Crippen LogP contribution in [0.4, 0.5) is 0 Å². The number of nitrogens with zero attached hydrogens (tertiary/aromatic N) is 3. The average molecular weight is 356 g/mol. The number of rotatable bonds is 6. The van der Waals surface area contributed by atoms with Crippen LogP contribution >= 0.6 is 0 Å². The SMILES string of the molecule is COc1ccc2nc(C(=O)NCC(C)CN3CCN(C)CC3)ccc2c1. The Balaban J connectivity index is 1.53. The van der Waals surface area contributed by atoms with Crippen LogP contribution in [0.3, 0.4) is 0 Å². The number of carbonyl (C=O) groups excluding carboxylic acids is 1. The summed E-state index contributed by atoms with van der Waals surface area (Å²) in [5.74, 6) is 1.08. The van der Waals surface area contributed by atoms with Crippen molar-refractivity contribution in [2.24, 2.45) is 5.92 Å². The highest BCUT2D eigenvalue weighted by molar-refractivity contribution is 5.95. The van der Waals surface area contributed by atoms with E-state index in [-0.39, 0.29) is 5.91 Å². The van der Waals surface area contributed by atoms with E-state index in [1.165, 1.54) is 0 Å². The van der Waals surface area contributed by atoms with Gasteiger partial charge < -0.3 is 19.9 Å². The van der Waals surface area contributed by atoms with Crippen molar-refractivity contribution in [1.29, 1.82) is 0 Å². The molecule has 1 aromatic heterocycles. The molecule has 140 valence electrons. The van der Waals surface area contributed by atoms with E-state index in [9.17, 15) is 4.79 Å². The van der Waals surface area contributed by atoms with E-state index in [1.807, 2.05) is 24.3 Å². The Morgan fingerprint density at radius 3 is 2.73 bits per heavy atom. The lowest BCUT2D eigenvalue weighted by molar-refractivity contribution is 0.0933. The minimum atomic E-state index is -0.118. The summed E-state index contributed by atoms with van der Waals surface area (Å²) in [6.45, 7) is 8.29. The Labute approximate surface area is 155 Å². The van der Waals surface area contributed by atoms with E-state index in [0.29, 0.717) is 18.2 Å². The maximum absolute atomic E-state index is 12.4. The molecule has 1 amide bonds. The van der Waals surface area contributed by atoms with E-state index in [1.54, 1.807) is 13.2 Å². The van der Waals surface area contributed by atoms with Gasteiger partial charge >= 0.3 is 0 Å². The first-order valence-electron chi connectivity index (χ1n) is 9.19. The monoisotopic (exact) mass is 356 g/mol. The zero-order chi connectivity index (χ0) is 18.5. The number of hydrogen-bond acceptors (Lipinski definition) is 5. The van der Waals surface area contributed by atoms with Crippen molar-refractivity contribution < 1.29 is 9.53 Å². The van der Waals surface area contributed by atoms with E-state index in [2.05, 4.69) is 34.1 Å². The van der Waals surface area contributed by atoms with Crippen molar-refractivity contribution in [3.8, 4) is 5.75 Å². The Morgan fingerprint density at radius 1 is 1.23 bits per heavy atom. The van der Waals surface area contributed by atoms with Gasteiger partial charge in [-0.05, 0) is 37.2 Å². The van der Waals surface area contributed by atoms with Gasteiger partial charge in [0.1, 0.15) is 11.4 Å². The van der Waals surface area contributed by atoms with Crippen LogP contribution in [0.25, 0.3) is 10.9 Å². The zero-order valence-electron chi connectivity index (χ0n) is 15.9. The van der Waals surface area contributed by atoms with Crippen molar-refractivity contribution in [2.45, 2.75) is 6.92 Å². The van der Waals surface area contributed by atoms with Gasteiger partial charge in [-0.25, -0.2) is 4.98 Å². The molecular weight excluding hydrogens is 328 g/mol. The number of piperazine rings is 1. The van der Waals surface area contributed by atoms with Crippen LogP contribution in [0.1, 0.15) is 17.4 Å². The molecule has 1 aliphatic rings. The number of pyridine rings is 1. The zero-order valence-corrected chi connectivity index (χ0v) is 15.9. The molecule has 0 radical (unpaired) electrons. The highest BCUT2D eigenvalue weighted by Gasteiger charge is 2.17. The number of carbonyl (C=O) groups is 1. The molecule has 0 aliphatic carbocycles. The van der Waals surface area contributed by atoms with Crippen LogP contribution in [-0.2, 0) is 0 Å². The molecule has 1 fully saturated rings. The molecule has 6 heteroatoms. The fourth-order valence-corrected chi connectivity index (χ4v) is 3.25. The fourth-order valence-electron chi connectivity index (χ4n) is 3.25. The molecule has 1 unspecified atom stereocenters. The van der Waals surface area contributed by atoms with Gasteiger partial charge in [0.05, 0.1) is 12.6 Å². The molecule has 26 heavy (non-hydrogen) atoms. The van der Waals surface area contributed by atoms with Crippen LogP contribution in [-0.4, -0.2) is 74.1 Å². The standard InChI is InChI=1S/C20H28N4O2/c1-15(14-24-10-8-23(2)9-11-24)13-21-20(25)19-6-4-16-12-17(26-3)5-7-18(16)22-19/h4-7,12,15H,8-11,13-14H2,1-3H3,(H,21,25). The fraction of sp³-hybridized carbons (Fsp3) is 0.500. The lowest BCUT2D eigenvalue weighted by Crippen LogP contribution is -2.46. The first-order chi connectivity index (χ1) is 12.5. The lowest BCUT2D eigenvalue weighted by Gasteiger charge is -2.33. The Morgan fingerprint density at radius 2 is 2.00 bits per heavy atom. The number of benzene rings is 1. The minimum Gasteiger partial charge on any atom is -0.497 e. The molecule has 1 aromatic carbocycles. The molecule has 1 N–H and O–H groups in total. The topological polar surface area (TPSA) is 57.7 Å². The van der Waals surface area contributed by atoms with Crippen molar-refractivity contribution in [3.63, 3.8) is 0 Å². The highest BCUT2D eigenvalue weighted by Crippen LogP contribution is 2.19. The summed E-state index contributed by atoms with van der Waals surface area (Å²) in [5.41, 5.74) is 1.25. The quantitative estimate of drug-likeness (QED) is 0.856. The maximum Gasteiger partial charge on any atom is 0.269 e. The van der Waals surface area contributed by atoms with Crippen LogP contribution in [0.15, 0.2) is 30.3 Å². The van der Waals surface area contributed by atoms with Crippen LogP contribution < -0.4 is 10.1 Å². The number of hydrogen-bond donors (Lipinski definition) is 1. The molecule has 3 rings (SSSR count). The molecule has 0 spiro atoms. The largest absolute Gasteiger partial charge is 0.497 e. The minimum absolute atomic E-state index is 0.118. The molecule has 6 nitrogen and oxygen atoms in total. The van der Waals surface area contributed by atoms with Gasteiger partial charge in [0.2, 0.25) is 0 Å². The van der Waals surface area contributed by atoms with E-state index < -0.39 is 0 Å². The Bertz CT molecular complexity index is 757. The van der Waals surface area contributed by atoms with Gasteiger partial charge in [0, 0.05) is 44.7 Å². The molecule has 1 atom stereocenters. The second kappa shape index (κ2) is 8.47. The summed E-state index contributed by atoms with van der Waals surface area (Å²) in [6.07, 6.45) is 0. The highest BCUT2D eigenvalue weighted by atomic mass is 16.5. The van der Waals surface area contributed by atoms with E-state index in [4.69, 9.17) is 4.74 Å². The van der Waals surface area contributed by atoms with Crippen LogP contribution in [0, 0.1) is 5.92 Å². The third-order valence-corrected chi connectivity index (χ3v) is 4.91. The maximum atomic E-state index is 12.4. The molecule has 0 saturated carbocycles. The summed E-state index contributed by atoms with van der Waals surface area (Å²) in [7, 11) is 3.80. The number of methoxy groups -OCH3 is 1. The number of nitrogens with one attached hydrogen (secondary N) is 1. The van der Waals surface area contributed by atoms with Gasteiger partial charge in [-0.3, -0.25) is 4.79 Å². The average Bonchev–Trinajstić information content (AvgIpc) is 2.67. The van der Waals surface area contributed by atoms with Crippen molar-refractivity contribution in [1.82, 2.24) is 20.1 Å². The summed E-state index contributed by atoms with van der Waals surface area (Å²) in [5, 5.41) is 3.98. The number of aromatic nitrogens is 1. The predicted molar refractivity (Wildman–Crippen MR) is 104 cm³/mol. The first kappa shape index (κ1) is 18.6. The number of amides is 1. The Hall–Kier alpha value is -2.18. The summed E-state index contributed by atoms with van der Waals surface area (Å²) in [6, 6.07) is 9.33. The van der Waals surface area contributed by atoms with Crippen molar-refractivity contribution in [2.75, 3.05) is 53.4 Å². The molecule has 2 heterocycles. The number of likely N-dealkylation sites (N-methyl/N-ethyl adjacent to an activating group) is 1. The van der Waals surface area contributed by atoms with Crippen LogP contribution in [0.5, 0.6) is 5.75 Å². The van der Waals surface area contributed by atoms with Gasteiger partial charge in [0.15, 0.2) is 0 Å². The van der Waals surface area contributed by atoms with Gasteiger partial charge in [-0.2, -0.15) is 0 Å². The van der Waals surface area contributed by atoms with Crippen molar-refractivity contribution >= 4 is 16.8 Å². The molecule has 2 aromatic rings. The van der Waals surface area contributed by atoms with Gasteiger partial charge in [-0.1, -0.05) is 13.0 Å². The predicted octanol–water partition coefficient (Wildman–Crippen LogP) is 1.86. The molecular formula is C20H28N4O2. The number of ether oxygens (including phenoxy) is 1. The summed E-state index contributed by atoms with van der Waals surface area (Å²) in [4.78, 5) is 21.7. The first-order valence-corrected chi connectivity index (χ1v) is 9.19. The third kappa shape index (κ3) is 4.71. The summed E-state index contributed by atoms with van der Waals surface area (Å²) >= 11 is 0. The van der Waals surface area contributed by atoms with Crippen LogP contribution in [0.2, 0.25) is 0 Å². The Kier molecular flexibility index (Phi) is 6.06. The van der Waals surface area contributed by atoms with E-state index >= 15 is 0 Å². The normalized spacial score (nSPS) is 17.2.